The third kappa shape index (κ3) is 2.35. The number of amides is 2. The van der Waals surface area contributed by atoms with Gasteiger partial charge in [-0.1, -0.05) is 18.2 Å². The zero-order chi connectivity index (χ0) is 14.1. The van der Waals surface area contributed by atoms with Crippen LogP contribution in [0.4, 0.5) is 4.79 Å². The third-order valence-corrected chi connectivity index (χ3v) is 4.45. The van der Waals surface area contributed by atoms with Crippen LogP contribution in [0, 0.1) is 11.8 Å². The topological polar surface area (TPSA) is 69.6 Å². The summed E-state index contributed by atoms with van der Waals surface area (Å²) in [6, 6.07) is 6.67. The first-order valence-electron chi connectivity index (χ1n) is 6.99. The molecule has 2 aliphatic rings. The number of hydrogen-bond acceptors (Lipinski definition) is 2. The number of rotatable bonds is 3. The van der Waals surface area contributed by atoms with Crippen molar-refractivity contribution in [2.24, 2.45) is 11.8 Å². The van der Waals surface area contributed by atoms with E-state index in [0.717, 1.165) is 13.1 Å². The second-order valence-corrected chi connectivity index (χ2v) is 5.62. The number of urea groups is 1. The maximum Gasteiger partial charge on any atom is 0.336 e. The molecule has 2 fully saturated rings. The number of nitrogens with one attached hydrogen (secondary N) is 1. The summed E-state index contributed by atoms with van der Waals surface area (Å²) in [5.41, 5.74) is 0.879. The fraction of sp³-hybridized carbons (Fsp3) is 0.467. The first kappa shape index (κ1) is 13.0. The van der Waals surface area contributed by atoms with Gasteiger partial charge in [0.1, 0.15) is 0 Å². The third-order valence-electron chi connectivity index (χ3n) is 4.45. The Morgan fingerprint density at radius 2 is 1.85 bits per heavy atom. The van der Waals surface area contributed by atoms with Crippen molar-refractivity contribution in [3.63, 3.8) is 0 Å². The smallest absolute Gasteiger partial charge is 0.336 e. The molecule has 5 nitrogen and oxygen atoms in total. The van der Waals surface area contributed by atoms with Crippen molar-refractivity contribution >= 4 is 12.0 Å². The van der Waals surface area contributed by atoms with Gasteiger partial charge < -0.3 is 15.3 Å². The van der Waals surface area contributed by atoms with Gasteiger partial charge in [-0.15, -0.1) is 0 Å². The van der Waals surface area contributed by atoms with Crippen LogP contribution in [0.2, 0.25) is 0 Å². The molecule has 0 unspecified atom stereocenters. The molecule has 1 aliphatic heterocycles. The minimum Gasteiger partial charge on any atom is -0.478 e. The fourth-order valence-corrected chi connectivity index (χ4v) is 3.09. The van der Waals surface area contributed by atoms with E-state index < -0.39 is 5.97 Å². The standard InChI is InChI=1S/C15H18N2O3/c18-14(19)13-4-2-1-3-10(13)7-16-15(20)17-8-11-5-6-12(11)9-17/h1-4,11-12H,5-9H2,(H,16,20)(H,18,19)/t11-,12+. The molecule has 3 rings (SSSR count). The summed E-state index contributed by atoms with van der Waals surface area (Å²) in [6.07, 6.45) is 2.46. The summed E-state index contributed by atoms with van der Waals surface area (Å²) in [7, 11) is 0. The summed E-state index contributed by atoms with van der Waals surface area (Å²) >= 11 is 0. The predicted molar refractivity (Wildman–Crippen MR) is 73.4 cm³/mol. The van der Waals surface area contributed by atoms with Gasteiger partial charge in [-0.2, -0.15) is 0 Å². The van der Waals surface area contributed by atoms with Gasteiger partial charge in [0.05, 0.1) is 5.56 Å². The minimum atomic E-state index is -0.964. The van der Waals surface area contributed by atoms with E-state index >= 15 is 0 Å². The lowest BCUT2D eigenvalue weighted by Crippen LogP contribution is -2.38. The zero-order valence-corrected chi connectivity index (χ0v) is 11.2. The second kappa shape index (κ2) is 5.15. The summed E-state index contributed by atoms with van der Waals surface area (Å²) in [6.45, 7) is 1.95. The highest BCUT2D eigenvalue weighted by atomic mass is 16.4. The molecule has 1 saturated heterocycles. The van der Waals surface area contributed by atoms with Crippen molar-refractivity contribution in [2.45, 2.75) is 19.4 Å². The monoisotopic (exact) mass is 274 g/mol. The van der Waals surface area contributed by atoms with E-state index in [2.05, 4.69) is 5.32 Å². The summed E-state index contributed by atoms with van der Waals surface area (Å²) in [4.78, 5) is 25.0. The summed E-state index contributed by atoms with van der Waals surface area (Å²) in [5.74, 6) is 0.410. The molecule has 0 radical (unpaired) electrons. The van der Waals surface area contributed by atoms with E-state index in [1.54, 1.807) is 24.3 Å². The summed E-state index contributed by atoms with van der Waals surface area (Å²) < 4.78 is 0. The lowest BCUT2D eigenvalue weighted by atomic mass is 9.77. The van der Waals surface area contributed by atoms with Crippen LogP contribution in [-0.2, 0) is 6.54 Å². The van der Waals surface area contributed by atoms with Crippen molar-refractivity contribution in [1.29, 1.82) is 0 Å². The molecule has 2 atom stereocenters. The van der Waals surface area contributed by atoms with Crippen LogP contribution in [-0.4, -0.2) is 35.1 Å². The first-order valence-corrected chi connectivity index (χ1v) is 6.99. The molecule has 1 aromatic rings. The number of carboxylic acids is 1. The van der Waals surface area contributed by atoms with Crippen LogP contribution < -0.4 is 5.32 Å². The van der Waals surface area contributed by atoms with Gasteiger partial charge in [-0.3, -0.25) is 0 Å². The highest BCUT2D eigenvalue weighted by Crippen LogP contribution is 2.40. The van der Waals surface area contributed by atoms with Gasteiger partial charge in [0.2, 0.25) is 0 Å². The lowest BCUT2D eigenvalue weighted by Gasteiger charge is -2.27. The van der Waals surface area contributed by atoms with Crippen LogP contribution in [0.1, 0.15) is 28.8 Å². The van der Waals surface area contributed by atoms with E-state index in [1.165, 1.54) is 12.8 Å². The SMILES string of the molecule is O=C(O)c1ccccc1CNC(=O)N1C[C@H]2CC[C@H]2C1. The van der Waals surface area contributed by atoms with Gasteiger partial charge in [-0.05, 0) is 36.3 Å². The molecule has 106 valence electrons. The highest BCUT2D eigenvalue weighted by Gasteiger charge is 2.40. The van der Waals surface area contributed by atoms with Gasteiger partial charge in [0.25, 0.3) is 0 Å². The van der Waals surface area contributed by atoms with E-state index in [1.807, 2.05) is 4.90 Å². The molecule has 1 heterocycles. The average Bonchev–Trinajstić information content (AvgIpc) is 2.72. The lowest BCUT2D eigenvalue weighted by molar-refractivity contribution is 0.0695. The van der Waals surface area contributed by atoms with E-state index in [4.69, 9.17) is 5.11 Å². The molecular weight excluding hydrogens is 256 g/mol. The molecule has 5 heteroatoms. The Hall–Kier alpha value is -2.04. The average molecular weight is 274 g/mol. The maximum atomic E-state index is 12.1. The van der Waals surface area contributed by atoms with Crippen LogP contribution in [0.15, 0.2) is 24.3 Å². The Bertz CT molecular complexity index is 532. The fourth-order valence-electron chi connectivity index (χ4n) is 3.09. The van der Waals surface area contributed by atoms with Crippen molar-refractivity contribution < 1.29 is 14.7 Å². The maximum absolute atomic E-state index is 12.1. The Labute approximate surface area is 117 Å². The van der Waals surface area contributed by atoms with Crippen LogP contribution in [0.25, 0.3) is 0 Å². The summed E-state index contributed by atoms with van der Waals surface area (Å²) in [5, 5.41) is 11.9. The number of carboxylic acid groups (broad SMARTS) is 1. The Morgan fingerprint density at radius 1 is 1.20 bits per heavy atom. The second-order valence-electron chi connectivity index (χ2n) is 5.62. The highest BCUT2D eigenvalue weighted by molar-refractivity contribution is 5.89. The molecule has 20 heavy (non-hydrogen) atoms. The molecule has 1 aliphatic carbocycles. The minimum absolute atomic E-state index is 0.0837. The van der Waals surface area contributed by atoms with Gasteiger partial charge >= 0.3 is 12.0 Å². The molecule has 0 spiro atoms. The van der Waals surface area contributed by atoms with Crippen LogP contribution >= 0.6 is 0 Å². The number of likely N-dealkylation sites (tertiary alicyclic amines) is 1. The number of benzene rings is 1. The Balaban J connectivity index is 1.59. The molecule has 2 N–H and O–H groups in total. The Kier molecular flexibility index (Phi) is 3.34. The number of hydrogen-bond donors (Lipinski definition) is 2. The molecule has 0 aromatic heterocycles. The van der Waals surface area contributed by atoms with Crippen LogP contribution in [0.5, 0.6) is 0 Å². The number of fused-ring (bicyclic) bond motifs is 1. The number of carbonyl (C=O) groups excluding carboxylic acids is 1. The van der Waals surface area contributed by atoms with Crippen molar-refractivity contribution in [3.05, 3.63) is 35.4 Å². The molecular formula is C15H18N2O3. The largest absolute Gasteiger partial charge is 0.478 e. The Morgan fingerprint density at radius 3 is 2.45 bits per heavy atom. The van der Waals surface area contributed by atoms with Gasteiger partial charge in [0.15, 0.2) is 0 Å². The number of nitrogens with zero attached hydrogens (tertiary/aromatic N) is 1. The van der Waals surface area contributed by atoms with E-state index in [-0.39, 0.29) is 18.1 Å². The number of aromatic carboxylic acids is 1. The van der Waals surface area contributed by atoms with Crippen molar-refractivity contribution in [1.82, 2.24) is 10.2 Å². The molecule has 0 bridgehead atoms. The molecule has 2 amide bonds. The number of carbonyl (C=O) groups is 2. The molecule has 1 aromatic carbocycles. The quantitative estimate of drug-likeness (QED) is 0.885. The zero-order valence-electron chi connectivity index (χ0n) is 11.2. The van der Waals surface area contributed by atoms with Crippen LogP contribution in [0.3, 0.4) is 0 Å². The van der Waals surface area contributed by atoms with Crippen molar-refractivity contribution in [2.75, 3.05) is 13.1 Å². The first-order chi connectivity index (χ1) is 9.65. The predicted octanol–water partition coefficient (Wildman–Crippen LogP) is 1.94. The van der Waals surface area contributed by atoms with Gasteiger partial charge in [0, 0.05) is 19.6 Å². The van der Waals surface area contributed by atoms with Crippen molar-refractivity contribution in [3.8, 4) is 0 Å². The molecule has 1 saturated carbocycles. The normalized spacial score (nSPS) is 23.9. The van der Waals surface area contributed by atoms with Gasteiger partial charge in [-0.25, -0.2) is 9.59 Å². The van der Waals surface area contributed by atoms with E-state index in [0.29, 0.717) is 17.4 Å². The van der Waals surface area contributed by atoms with E-state index in [9.17, 15) is 9.59 Å².